The van der Waals surface area contributed by atoms with Gasteiger partial charge in [0.05, 0.1) is 17.4 Å². The molecular weight excluding hydrogens is 222 g/mol. The fourth-order valence-electron chi connectivity index (χ4n) is 2.66. The monoisotopic (exact) mass is 251 g/mol. The molecule has 3 nitrogen and oxygen atoms in total. The third-order valence-corrected chi connectivity index (χ3v) is 3.79. The van der Waals surface area contributed by atoms with Crippen molar-refractivity contribution in [2.24, 2.45) is 5.92 Å². The Balaban J connectivity index is 3.06. The summed E-state index contributed by atoms with van der Waals surface area (Å²) in [5.74, 6) is 0.691. The number of nitrogens with zero attached hydrogens (tertiary/aromatic N) is 2. The highest BCUT2D eigenvalue weighted by atomic mass is 15.3. The molecule has 1 atom stereocenters. The lowest BCUT2D eigenvalue weighted by molar-refractivity contribution is 0.328. The Morgan fingerprint density at radius 1 is 1.17 bits per heavy atom. The molecule has 0 aromatic carbocycles. The van der Waals surface area contributed by atoms with Gasteiger partial charge in [0.15, 0.2) is 0 Å². The molecule has 1 rings (SSSR count). The van der Waals surface area contributed by atoms with Gasteiger partial charge in [0, 0.05) is 6.54 Å². The number of aryl methyl sites for hydroxylation is 2. The van der Waals surface area contributed by atoms with Crippen molar-refractivity contribution in [3.8, 4) is 0 Å². The minimum absolute atomic E-state index is 0.442. The molecule has 0 saturated carbocycles. The molecule has 0 aliphatic carbocycles. The summed E-state index contributed by atoms with van der Waals surface area (Å²) in [5, 5.41) is 8.33. The van der Waals surface area contributed by atoms with Crippen LogP contribution in [0.15, 0.2) is 6.07 Å². The summed E-state index contributed by atoms with van der Waals surface area (Å²) in [6, 6.07) is 2.73. The van der Waals surface area contributed by atoms with E-state index in [-0.39, 0.29) is 0 Å². The average Bonchev–Trinajstić information content (AvgIpc) is 2.82. The predicted octanol–water partition coefficient (Wildman–Crippen LogP) is 3.55. The van der Waals surface area contributed by atoms with E-state index in [1.165, 1.54) is 24.2 Å². The zero-order valence-electron chi connectivity index (χ0n) is 12.7. The minimum atomic E-state index is 0.442. The van der Waals surface area contributed by atoms with Crippen molar-refractivity contribution in [2.75, 3.05) is 6.54 Å². The summed E-state index contributed by atoms with van der Waals surface area (Å²) in [7, 11) is 0. The highest BCUT2D eigenvalue weighted by Gasteiger charge is 2.23. The largest absolute Gasteiger partial charge is 0.309 e. The maximum absolute atomic E-state index is 4.68. The summed E-state index contributed by atoms with van der Waals surface area (Å²) >= 11 is 0. The molecule has 0 fully saturated rings. The van der Waals surface area contributed by atoms with E-state index in [9.17, 15) is 0 Å². The second-order valence-electron chi connectivity index (χ2n) is 4.84. The molecule has 3 heteroatoms. The van der Waals surface area contributed by atoms with Gasteiger partial charge in [0.25, 0.3) is 0 Å². The van der Waals surface area contributed by atoms with Crippen molar-refractivity contribution in [2.45, 2.75) is 66.5 Å². The lowest BCUT2D eigenvalue weighted by atomic mass is 9.91. The first-order valence-corrected chi connectivity index (χ1v) is 7.51. The molecule has 18 heavy (non-hydrogen) atoms. The Labute approximate surface area is 112 Å². The van der Waals surface area contributed by atoms with Gasteiger partial charge < -0.3 is 5.32 Å². The summed E-state index contributed by atoms with van der Waals surface area (Å²) in [4.78, 5) is 0. The van der Waals surface area contributed by atoms with Gasteiger partial charge in [0.2, 0.25) is 0 Å². The molecule has 0 radical (unpaired) electrons. The van der Waals surface area contributed by atoms with E-state index in [4.69, 9.17) is 0 Å². The molecule has 0 aliphatic rings. The van der Waals surface area contributed by atoms with Crippen LogP contribution in [0.4, 0.5) is 0 Å². The summed E-state index contributed by atoms with van der Waals surface area (Å²) < 4.78 is 2.17. The second kappa shape index (κ2) is 7.57. The number of hydrogen-bond acceptors (Lipinski definition) is 2. The Bertz CT molecular complexity index is 340. The fourth-order valence-corrected chi connectivity index (χ4v) is 2.66. The molecule has 1 unspecified atom stereocenters. The Morgan fingerprint density at radius 3 is 2.28 bits per heavy atom. The lowest BCUT2D eigenvalue weighted by Gasteiger charge is -2.26. The van der Waals surface area contributed by atoms with Crippen molar-refractivity contribution in [1.82, 2.24) is 15.1 Å². The normalized spacial score (nSPS) is 13.2. The van der Waals surface area contributed by atoms with E-state index in [0.717, 1.165) is 19.5 Å². The van der Waals surface area contributed by atoms with Gasteiger partial charge in [-0.25, -0.2) is 0 Å². The van der Waals surface area contributed by atoms with Crippen molar-refractivity contribution in [3.63, 3.8) is 0 Å². The van der Waals surface area contributed by atoms with Crippen LogP contribution in [-0.2, 0) is 13.0 Å². The third-order valence-electron chi connectivity index (χ3n) is 3.79. The third kappa shape index (κ3) is 3.35. The molecule has 1 heterocycles. The number of nitrogens with one attached hydrogen (secondary N) is 1. The topological polar surface area (TPSA) is 29.9 Å². The van der Waals surface area contributed by atoms with E-state index in [0.29, 0.717) is 12.0 Å². The van der Waals surface area contributed by atoms with Crippen LogP contribution in [0, 0.1) is 5.92 Å². The fraction of sp³-hybridized carbons (Fsp3) is 0.800. The van der Waals surface area contributed by atoms with Crippen molar-refractivity contribution in [3.05, 3.63) is 17.5 Å². The second-order valence-corrected chi connectivity index (χ2v) is 4.84. The maximum Gasteiger partial charge on any atom is 0.0625 e. The molecule has 0 amide bonds. The predicted molar refractivity (Wildman–Crippen MR) is 77.8 cm³/mol. The van der Waals surface area contributed by atoms with Crippen LogP contribution >= 0.6 is 0 Å². The lowest BCUT2D eigenvalue weighted by Crippen LogP contribution is -2.30. The quantitative estimate of drug-likeness (QED) is 0.765. The smallest absolute Gasteiger partial charge is 0.0625 e. The van der Waals surface area contributed by atoms with Crippen LogP contribution in [0.5, 0.6) is 0 Å². The molecular formula is C15H29N3. The van der Waals surface area contributed by atoms with Crippen molar-refractivity contribution >= 4 is 0 Å². The van der Waals surface area contributed by atoms with Crippen LogP contribution in [0.2, 0.25) is 0 Å². The van der Waals surface area contributed by atoms with E-state index < -0.39 is 0 Å². The van der Waals surface area contributed by atoms with E-state index in [1.807, 2.05) is 0 Å². The van der Waals surface area contributed by atoms with Gasteiger partial charge in [-0.2, -0.15) is 5.10 Å². The summed E-state index contributed by atoms with van der Waals surface area (Å²) in [6.45, 7) is 13.1. The van der Waals surface area contributed by atoms with Crippen molar-refractivity contribution in [1.29, 1.82) is 0 Å². The number of rotatable bonds is 8. The molecule has 0 spiro atoms. The molecule has 0 bridgehead atoms. The summed E-state index contributed by atoms with van der Waals surface area (Å²) in [6.07, 6.45) is 3.44. The Morgan fingerprint density at radius 2 is 1.83 bits per heavy atom. The highest BCUT2D eigenvalue weighted by molar-refractivity contribution is 5.15. The molecule has 1 aromatic rings. The van der Waals surface area contributed by atoms with Crippen LogP contribution in [0.25, 0.3) is 0 Å². The minimum Gasteiger partial charge on any atom is -0.309 e. The molecule has 1 N–H and O–H groups in total. The van der Waals surface area contributed by atoms with Gasteiger partial charge in [-0.1, -0.05) is 40.5 Å². The molecule has 0 aliphatic heterocycles. The van der Waals surface area contributed by atoms with E-state index in [1.54, 1.807) is 0 Å². The highest BCUT2D eigenvalue weighted by Crippen LogP contribution is 2.28. The Kier molecular flexibility index (Phi) is 6.41. The van der Waals surface area contributed by atoms with E-state index >= 15 is 0 Å². The number of hydrogen-bond donors (Lipinski definition) is 1. The SMILES string of the molecule is CCNC(c1cc(CC)nn1CC)C(CC)CC. The molecule has 0 saturated heterocycles. The maximum atomic E-state index is 4.68. The average molecular weight is 251 g/mol. The van der Waals surface area contributed by atoms with Crippen LogP contribution in [0.1, 0.15) is 64.9 Å². The van der Waals surface area contributed by atoms with Crippen LogP contribution < -0.4 is 5.32 Å². The standard InChI is InChI=1S/C15H29N3/c1-6-12(7-2)15(16-9-4)14-11-13(8-3)17-18(14)10-5/h11-12,15-16H,6-10H2,1-5H3. The van der Waals surface area contributed by atoms with Crippen molar-refractivity contribution < 1.29 is 0 Å². The first-order chi connectivity index (χ1) is 8.71. The van der Waals surface area contributed by atoms with Gasteiger partial charge in [-0.15, -0.1) is 0 Å². The number of aromatic nitrogens is 2. The molecule has 1 aromatic heterocycles. The first kappa shape index (κ1) is 15.2. The van der Waals surface area contributed by atoms with E-state index in [2.05, 4.69) is 55.8 Å². The first-order valence-electron chi connectivity index (χ1n) is 7.51. The van der Waals surface area contributed by atoms with Gasteiger partial charge in [-0.3, -0.25) is 4.68 Å². The zero-order chi connectivity index (χ0) is 13.5. The zero-order valence-corrected chi connectivity index (χ0v) is 12.7. The molecule has 104 valence electrons. The van der Waals surface area contributed by atoms with Crippen LogP contribution in [0.3, 0.4) is 0 Å². The summed E-state index contributed by atoms with van der Waals surface area (Å²) in [5.41, 5.74) is 2.57. The Hall–Kier alpha value is -0.830. The van der Waals surface area contributed by atoms with Gasteiger partial charge in [0.1, 0.15) is 0 Å². The van der Waals surface area contributed by atoms with Gasteiger partial charge >= 0.3 is 0 Å². The van der Waals surface area contributed by atoms with Crippen LogP contribution in [-0.4, -0.2) is 16.3 Å². The van der Waals surface area contributed by atoms with Gasteiger partial charge in [-0.05, 0) is 31.9 Å².